The molecular formula is C7H9F3INO. The second kappa shape index (κ2) is 4.12. The average Bonchev–Trinajstić information content (AvgIpc) is 2.03. The van der Waals surface area contributed by atoms with Crippen LogP contribution in [-0.2, 0) is 4.79 Å². The van der Waals surface area contributed by atoms with Crippen LogP contribution in [-0.4, -0.2) is 28.2 Å². The van der Waals surface area contributed by atoms with E-state index in [0.29, 0.717) is 25.9 Å². The molecule has 1 aliphatic rings. The van der Waals surface area contributed by atoms with Crippen LogP contribution in [0.5, 0.6) is 0 Å². The Morgan fingerprint density at radius 2 is 1.77 bits per heavy atom. The Bertz CT molecular complexity index is 198. The van der Waals surface area contributed by atoms with Crippen molar-refractivity contribution in [1.29, 1.82) is 0 Å². The highest BCUT2D eigenvalue weighted by atomic mass is 127. The third kappa shape index (κ3) is 3.08. The highest BCUT2D eigenvalue weighted by Crippen LogP contribution is 2.28. The quantitative estimate of drug-likeness (QED) is 0.547. The third-order valence-electron chi connectivity index (χ3n) is 2.09. The fourth-order valence-corrected chi connectivity index (χ4v) is 1.90. The highest BCUT2D eigenvalue weighted by Gasteiger charge is 2.43. The number of rotatable bonds is 1. The van der Waals surface area contributed by atoms with E-state index < -0.39 is 17.9 Å². The summed E-state index contributed by atoms with van der Waals surface area (Å²) in [5, 5.41) is 0. The molecule has 0 amide bonds. The lowest BCUT2D eigenvalue weighted by molar-refractivity contribution is -0.176. The van der Waals surface area contributed by atoms with Crippen LogP contribution in [0.4, 0.5) is 13.2 Å². The standard InChI is InChI=1S/C7H9F3INO/c8-7(9,10)6(13)5-1-3-12(11)4-2-5/h5H,1-4H2. The van der Waals surface area contributed by atoms with Gasteiger partial charge in [-0.3, -0.25) is 4.79 Å². The lowest BCUT2D eigenvalue weighted by Gasteiger charge is -2.26. The molecule has 0 bridgehead atoms. The number of nitrogens with zero attached hydrogens (tertiary/aromatic N) is 1. The molecule has 6 heteroatoms. The predicted molar refractivity (Wildman–Crippen MR) is 49.4 cm³/mol. The molecule has 1 fully saturated rings. The smallest absolute Gasteiger partial charge is 0.289 e. The fourth-order valence-electron chi connectivity index (χ4n) is 1.34. The van der Waals surface area contributed by atoms with Crippen molar-refractivity contribution in [3.8, 4) is 0 Å². The molecule has 0 saturated carbocycles. The number of Topliss-reactive ketones (excluding diaryl/α,β-unsaturated/α-hetero) is 1. The van der Waals surface area contributed by atoms with Crippen molar-refractivity contribution in [1.82, 2.24) is 3.11 Å². The lowest BCUT2D eigenvalue weighted by Crippen LogP contribution is -2.37. The van der Waals surface area contributed by atoms with Crippen LogP contribution in [0, 0.1) is 5.92 Å². The predicted octanol–water partition coefficient (Wildman–Crippen LogP) is 2.18. The van der Waals surface area contributed by atoms with Gasteiger partial charge in [-0.2, -0.15) is 13.2 Å². The van der Waals surface area contributed by atoms with E-state index in [4.69, 9.17) is 0 Å². The van der Waals surface area contributed by atoms with Crippen LogP contribution in [0.15, 0.2) is 0 Å². The van der Waals surface area contributed by atoms with Crippen molar-refractivity contribution < 1.29 is 18.0 Å². The molecule has 1 rings (SSSR count). The molecule has 0 N–H and O–H groups in total. The second-order valence-electron chi connectivity index (χ2n) is 3.05. The summed E-state index contributed by atoms with van der Waals surface area (Å²) in [5.74, 6) is -2.37. The monoisotopic (exact) mass is 307 g/mol. The molecule has 0 atom stereocenters. The summed E-state index contributed by atoms with van der Waals surface area (Å²) in [4.78, 5) is 10.8. The van der Waals surface area contributed by atoms with Gasteiger partial charge in [-0.05, 0) is 12.8 Å². The van der Waals surface area contributed by atoms with Crippen molar-refractivity contribution in [2.45, 2.75) is 19.0 Å². The number of alkyl halides is 3. The Hall–Kier alpha value is 0.150. The van der Waals surface area contributed by atoms with Gasteiger partial charge in [0.05, 0.1) is 0 Å². The molecule has 1 saturated heterocycles. The molecular weight excluding hydrogens is 298 g/mol. The first kappa shape index (κ1) is 11.2. The summed E-state index contributed by atoms with van der Waals surface area (Å²) < 4.78 is 37.8. The number of piperidine rings is 1. The van der Waals surface area contributed by atoms with Gasteiger partial charge in [0.15, 0.2) is 0 Å². The van der Waals surface area contributed by atoms with Gasteiger partial charge in [-0.15, -0.1) is 0 Å². The highest BCUT2D eigenvalue weighted by molar-refractivity contribution is 14.1. The second-order valence-corrected chi connectivity index (χ2v) is 4.41. The van der Waals surface area contributed by atoms with Gasteiger partial charge >= 0.3 is 6.18 Å². The van der Waals surface area contributed by atoms with E-state index in [1.165, 1.54) is 0 Å². The van der Waals surface area contributed by atoms with E-state index in [2.05, 4.69) is 22.9 Å². The number of hydrogen-bond acceptors (Lipinski definition) is 2. The number of carbonyl (C=O) groups is 1. The molecule has 76 valence electrons. The molecule has 2 nitrogen and oxygen atoms in total. The average molecular weight is 307 g/mol. The molecule has 0 radical (unpaired) electrons. The summed E-state index contributed by atoms with van der Waals surface area (Å²) in [5.41, 5.74) is 0. The van der Waals surface area contributed by atoms with Crippen LogP contribution in [0.2, 0.25) is 0 Å². The number of halogens is 4. The van der Waals surface area contributed by atoms with Crippen molar-refractivity contribution in [3.63, 3.8) is 0 Å². The molecule has 0 aromatic carbocycles. The lowest BCUT2D eigenvalue weighted by atomic mass is 9.93. The summed E-state index contributed by atoms with van der Waals surface area (Å²) in [6, 6.07) is 0. The topological polar surface area (TPSA) is 20.3 Å². The van der Waals surface area contributed by atoms with Crippen molar-refractivity contribution in [3.05, 3.63) is 0 Å². The maximum atomic E-state index is 12.0. The minimum Gasteiger partial charge on any atom is -0.289 e. The Balaban J connectivity index is 2.50. The maximum Gasteiger partial charge on any atom is 0.450 e. The number of carbonyl (C=O) groups excluding carboxylic acids is 1. The Morgan fingerprint density at radius 3 is 2.15 bits per heavy atom. The summed E-state index contributed by atoms with van der Waals surface area (Å²) in [6.07, 6.45) is -4.01. The number of ketones is 1. The first-order valence-electron chi connectivity index (χ1n) is 3.93. The van der Waals surface area contributed by atoms with Crippen molar-refractivity contribution >= 4 is 28.6 Å². The van der Waals surface area contributed by atoms with Gasteiger partial charge in [0.25, 0.3) is 0 Å². The normalized spacial score (nSPS) is 21.8. The minimum atomic E-state index is -4.65. The van der Waals surface area contributed by atoms with E-state index in [0.717, 1.165) is 0 Å². The van der Waals surface area contributed by atoms with Gasteiger partial charge in [0.1, 0.15) is 0 Å². The van der Waals surface area contributed by atoms with Crippen LogP contribution in [0.1, 0.15) is 12.8 Å². The minimum absolute atomic E-state index is 0.321. The zero-order valence-electron chi connectivity index (χ0n) is 6.77. The first-order chi connectivity index (χ1) is 5.91. The molecule has 0 aliphatic carbocycles. The summed E-state index contributed by atoms with van der Waals surface area (Å²) in [7, 11) is 0. The van der Waals surface area contributed by atoms with Crippen molar-refractivity contribution in [2.24, 2.45) is 5.92 Å². The molecule has 0 spiro atoms. The number of hydrogen-bond donors (Lipinski definition) is 0. The zero-order chi connectivity index (χ0) is 10.1. The Morgan fingerprint density at radius 1 is 1.31 bits per heavy atom. The molecule has 0 aromatic rings. The van der Waals surface area contributed by atoms with Gasteiger partial charge in [0, 0.05) is 41.9 Å². The largest absolute Gasteiger partial charge is 0.450 e. The van der Waals surface area contributed by atoms with Crippen LogP contribution in [0.25, 0.3) is 0 Å². The van der Waals surface area contributed by atoms with E-state index in [1.54, 1.807) is 0 Å². The zero-order valence-corrected chi connectivity index (χ0v) is 8.93. The SMILES string of the molecule is O=C(C1CCN(I)CC1)C(F)(F)F. The molecule has 1 aliphatic heterocycles. The summed E-state index contributed by atoms with van der Waals surface area (Å²) >= 11 is 2.05. The van der Waals surface area contributed by atoms with Crippen LogP contribution < -0.4 is 0 Å². The van der Waals surface area contributed by atoms with Gasteiger partial charge < -0.3 is 0 Å². The van der Waals surface area contributed by atoms with E-state index in [1.807, 2.05) is 3.11 Å². The van der Waals surface area contributed by atoms with Crippen LogP contribution >= 0.6 is 22.9 Å². The maximum absolute atomic E-state index is 12.0. The molecule has 0 unspecified atom stereocenters. The van der Waals surface area contributed by atoms with Gasteiger partial charge in [-0.25, -0.2) is 3.11 Å². The Labute approximate surface area is 88.0 Å². The third-order valence-corrected chi connectivity index (χ3v) is 3.06. The van der Waals surface area contributed by atoms with E-state index >= 15 is 0 Å². The first-order valence-corrected chi connectivity index (χ1v) is 4.89. The fraction of sp³-hybridized carbons (Fsp3) is 0.857. The van der Waals surface area contributed by atoms with E-state index in [9.17, 15) is 18.0 Å². The van der Waals surface area contributed by atoms with Crippen molar-refractivity contribution in [2.75, 3.05) is 13.1 Å². The van der Waals surface area contributed by atoms with Crippen LogP contribution in [0.3, 0.4) is 0 Å². The summed E-state index contributed by atoms with van der Waals surface area (Å²) in [6.45, 7) is 1.13. The van der Waals surface area contributed by atoms with Gasteiger partial charge in [0.2, 0.25) is 5.78 Å². The molecule has 1 heterocycles. The molecule has 13 heavy (non-hydrogen) atoms. The molecule has 0 aromatic heterocycles. The van der Waals surface area contributed by atoms with Gasteiger partial charge in [-0.1, -0.05) is 0 Å². The Kier molecular flexibility index (Phi) is 3.56. The van der Waals surface area contributed by atoms with E-state index in [-0.39, 0.29) is 0 Å².